The summed E-state index contributed by atoms with van der Waals surface area (Å²) >= 11 is 6.10. The number of carbonyl (C=O) groups is 3. The normalized spacial score (nSPS) is 17.1. The molecule has 2 amide bonds. The molecule has 1 aromatic rings. The van der Waals surface area contributed by atoms with Crippen molar-refractivity contribution in [1.29, 1.82) is 0 Å². The van der Waals surface area contributed by atoms with E-state index in [-0.39, 0.29) is 31.4 Å². The molecule has 1 aliphatic heterocycles. The summed E-state index contributed by atoms with van der Waals surface area (Å²) in [4.78, 5) is 39.1. The fourth-order valence-corrected chi connectivity index (χ4v) is 3.40. The van der Waals surface area contributed by atoms with Gasteiger partial charge in [-0.25, -0.2) is 4.79 Å². The molecule has 0 unspecified atom stereocenters. The van der Waals surface area contributed by atoms with Gasteiger partial charge in [0.05, 0.1) is 12.2 Å². The predicted molar refractivity (Wildman–Crippen MR) is 108 cm³/mol. The van der Waals surface area contributed by atoms with E-state index in [0.29, 0.717) is 28.8 Å². The van der Waals surface area contributed by atoms with Crippen LogP contribution >= 0.6 is 11.6 Å². The third-order valence-electron chi connectivity index (χ3n) is 4.58. The standard InChI is InChI=1S/C21H27ClN2O4/c1-5-28-21(27)20-14(4)24(12-18(25)23-11-13(2)3)19(26)10-17(20)15-7-6-8-16(22)9-15/h6-9,13,17H,5,10-12H2,1-4H3,(H,23,25)/t17-/m0/s1. The molecule has 0 fully saturated rings. The topological polar surface area (TPSA) is 75.7 Å². The highest BCUT2D eigenvalue weighted by molar-refractivity contribution is 6.30. The highest BCUT2D eigenvalue weighted by atomic mass is 35.5. The van der Waals surface area contributed by atoms with Gasteiger partial charge in [0.25, 0.3) is 0 Å². The van der Waals surface area contributed by atoms with Crippen LogP contribution in [0.5, 0.6) is 0 Å². The first kappa shape index (κ1) is 22.0. The number of ether oxygens (including phenoxy) is 1. The first-order chi connectivity index (χ1) is 13.2. The Morgan fingerprint density at radius 3 is 2.68 bits per heavy atom. The van der Waals surface area contributed by atoms with E-state index in [0.717, 1.165) is 5.56 Å². The summed E-state index contributed by atoms with van der Waals surface area (Å²) in [6.07, 6.45) is 0.0727. The van der Waals surface area contributed by atoms with Crippen LogP contribution in [0.4, 0.5) is 0 Å². The minimum atomic E-state index is -0.481. The lowest BCUT2D eigenvalue weighted by molar-refractivity contribution is -0.141. The van der Waals surface area contributed by atoms with Crippen LogP contribution in [0, 0.1) is 5.92 Å². The van der Waals surface area contributed by atoms with Gasteiger partial charge in [-0.15, -0.1) is 0 Å². The van der Waals surface area contributed by atoms with E-state index < -0.39 is 11.9 Å². The van der Waals surface area contributed by atoms with E-state index in [9.17, 15) is 14.4 Å². The monoisotopic (exact) mass is 406 g/mol. The molecule has 1 heterocycles. The molecule has 1 N–H and O–H groups in total. The summed E-state index contributed by atoms with van der Waals surface area (Å²) in [5.74, 6) is -1.11. The Labute approximate surface area is 170 Å². The molecule has 1 aromatic carbocycles. The molecule has 6 nitrogen and oxygen atoms in total. The SMILES string of the molecule is CCOC(=O)C1=C(C)N(CC(=O)NCC(C)C)C(=O)C[C@H]1c1cccc(Cl)c1. The number of esters is 1. The van der Waals surface area contributed by atoms with E-state index in [1.165, 1.54) is 4.90 Å². The number of allylic oxidation sites excluding steroid dienone is 1. The first-order valence-corrected chi connectivity index (χ1v) is 9.82. The number of hydrogen-bond acceptors (Lipinski definition) is 4. The van der Waals surface area contributed by atoms with Gasteiger partial charge in [0.2, 0.25) is 11.8 Å². The minimum Gasteiger partial charge on any atom is -0.463 e. The number of rotatable bonds is 7. The van der Waals surface area contributed by atoms with Gasteiger partial charge in [0.15, 0.2) is 0 Å². The Hall–Kier alpha value is -2.34. The summed E-state index contributed by atoms with van der Waals surface area (Å²) in [7, 11) is 0. The Balaban J connectivity index is 2.38. The zero-order valence-electron chi connectivity index (χ0n) is 16.8. The van der Waals surface area contributed by atoms with Crippen molar-refractivity contribution in [2.75, 3.05) is 19.7 Å². The zero-order valence-corrected chi connectivity index (χ0v) is 17.5. The van der Waals surface area contributed by atoms with Gasteiger partial charge >= 0.3 is 5.97 Å². The number of nitrogens with one attached hydrogen (secondary N) is 1. The quantitative estimate of drug-likeness (QED) is 0.705. The molecule has 28 heavy (non-hydrogen) atoms. The van der Waals surface area contributed by atoms with Crippen molar-refractivity contribution in [1.82, 2.24) is 10.2 Å². The lowest BCUT2D eigenvalue weighted by Crippen LogP contribution is -2.44. The van der Waals surface area contributed by atoms with Crippen LogP contribution in [-0.4, -0.2) is 42.4 Å². The second kappa shape index (κ2) is 9.73. The van der Waals surface area contributed by atoms with E-state index in [1.807, 2.05) is 19.9 Å². The van der Waals surface area contributed by atoms with Crippen LogP contribution < -0.4 is 5.32 Å². The van der Waals surface area contributed by atoms with Crippen LogP contribution in [0.25, 0.3) is 0 Å². The maximum atomic E-state index is 12.8. The summed E-state index contributed by atoms with van der Waals surface area (Å²) in [5.41, 5.74) is 1.60. The van der Waals surface area contributed by atoms with Crippen LogP contribution in [0.2, 0.25) is 5.02 Å². The van der Waals surface area contributed by atoms with Gasteiger partial charge < -0.3 is 15.0 Å². The number of carbonyl (C=O) groups excluding carboxylic acids is 3. The Morgan fingerprint density at radius 1 is 1.36 bits per heavy atom. The largest absolute Gasteiger partial charge is 0.463 e. The molecule has 0 spiro atoms. The van der Waals surface area contributed by atoms with Gasteiger partial charge in [0.1, 0.15) is 6.54 Å². The average Bonchev–Trinajstić information content (AvgIpc) is 2.63. The van der Waals surface area contributed by atoms with Crippen molar-refractivity contribution in [3.8, 4) is 0 Å². The fraction of sp³-hybridized carbons (Fsp3) is 0.476. The second-order valence-corrected chi connectivity index (χ2v) is 7.65. The summed E-state index contributed by atoms with van der Waals surface area (Å²) in [5, 5.41) is 3.33. The summed E-state index contributed by atoms with van der Waals surface area (Å²) in [6, 6.07) is 7.10. The second-order valence-electron chi connectivity index (χ2n) is 7.21. The number of nitrogens with zero attached hydrogens (tertiary/aromatic N) is 1. The molecule has 7 heteroatoms. The summed E-state index contributed by atoms with van der Waals surface area (Å²) < 4.78 is 5.23. The van der Waals surface area contributed by atoms with Gasteiger partial charge in [-0.05, 0) is 37.5 Å². The average molecular weight is 407 g/mol. The van der Waals surface area contributed by atoms with E-state index in [2.05, 4.69) is 5.32 Å². The molecule has 0 bridgehead atoms. The van der Waals surface area contributed by atoms with E-state index in [4.69, 9.17) is 16.3 Å². The molecule has 0 aliphatic carbocycles. The van der Waals surface area contributed by atoms with E-state index in [1.54, 1.807) is 32.0 Å². The molecule has 1 atom stereocenters. The number of halogens is 1. The van der Waals surface area contributed by atoms with Crippen molar-refractivity contribution in [2.45, 2.75) is 40.0 Å². The van der Waals surface area contributed by atoms with Gasteiger partial charge in [-0.1, -0.05) is 37.6 Å². The van der Waals surface area contributed by atoms with Crippen molar-refractivity contribution in [2.24, 2.45) is 5.92 Å². The third-order valence-corrected chi connectivity index (χ3v) is 4.81. The minimum absolute atomic E-state index is 0.0727. The third kappa shape index (κ3) is 5.35. The maximum Gasteiger partial charge on any atom is 0.336 e. The number of amides is 2. The Morgan fingerprint density at radius 2 is 2.07 bits per heavy atom. The lowest BCUT2D eigenvalue weighted by Gasteiger charge is -2.34. The van der Waals surface area contributed by atoms with Crippen molar-refractivity contribution < 1.29 is 19.1 Å². The Bertz CT molecular complexity index is 788. The smallest absolute Gasteiger partial charge is 0.336 e. The number of benzene rings is 1. The number of hydrogen-bond donors (Lipinski definition) is 1. The van der Waals surface area contributed by atoms with Crippen molar-refractivity contribution in [3.05, 3.63) is 46.1 Å². The van der Waals surface area contributed by atoms with Crippen molar-refractivity contribution >= 4 is 29.4 Å². The van der Waals surface area contributed by atoms with Crippen LogP contribution in [0.15, 0.2) is 35.5 Å². The van der Waals surface area contributed by atoms with Crippen LogP contribution in [0.1, 0.15) is 45.6 Å². The highest BCUT2D eigenvalue weighted by Gasteiger charge is 2.37. The lowest BCUT2D eigenvalue weighted by atomic mass is 9.83. The molecule has 0 aromatic heterocycles. The molecule has 2 rings (SSSR count). The molecule has 0 saturated heterocycles. The van der Waals surface area contributed by atoms with Gasteiger partial charge in [-0.2, -0.15) is 0 Å². The van der Waals surface area contributed by atoms with Gasteiger partial charge in [0, 0.05) is 29.6 Å². The van der Waals surface area contributed by atoms with Crippen LogP contribution in [0.3, 0.4) is 0 Å². The van der Waals surface area contributed by atoms with Crippen LogP contribution in [-0.2, 0) is 19.1 Å². The molecular weight excluding hydrogens is 380 g/mol. The van der Waals surface area contributed by atoms with Crippen molar-refractivity contribution in [3.63, 3.8) is 0 Å². The summed E-state index contributed by atoms with van der Waals surface area (Å²) in [6.45, 7) is 8.02. The first-order valence-electron chi connectivity index (χ1n) is 9.45. The molecule has 1 aliphatic rings. The van der Waals surface area contributed by atoms with Gasteiger partial charge in [-0.3, -0.25) is 9.59 Å². The molecule has 0 radical (unpaired) electrons. The van der Waals surface area contributed by atoms with E-state index >= 15 is 0 Å². The molecule has 152 valence electrons. The molecular formula is C21H27ClN2O4. The Kier molecular flexibility index (Phi) is 7.63. The predicted octanol–water partition coefficient (Wildman–Crippen LogP) is 3.27. The highest BCUT2D eigenvalue weighted by Crippen LogP contribution is 2.37. The fourth-order valence-electron chi connectivity index (χ4n) is 3.20. The maximum absolute atomic E-state index is 12.8. The zero-order chi connectivity index (χ0) is 20.8. The molecule has 0 saturated carbocycles.